The minimum atomic E-state index is -0.847. The summed E-state index contributed by atoms with van der Waals surface area (Å²) in [6.45, 7) is 5.61. The fraction of sp³-hybridized carbons (Fsp3) is 0.615. The molecule has 0 fully saturated rings. The summed E-state index contributed by atoms with van der Waals surface area (Å²) >= 11 is 0. The second-order valence-electron chi connectivity index (χ2n) is 4.85. The van der Waals surface area contributed by atoms with Crippen molar-refractivity contribution in [1.82, 2.24) is 15.1 Å². The summed E-state index contributed by atoms with van der Waals surface area (Å²) in [5, 5.41) is 15.7. The van der Waals surface area contributed by atoms with Crippen molar-refractivity contribution in [3.8, 4) is 0 Å². The summed E-state index contributed by atoms with van der Waals surface area (Å²) in [4.78, 5) is 22.3. The lowest BCUT2D eigenvalue weighted by atomic mass is 10.1. The van der Waals surface area contributed by atoms with Crippen LogP contribution in [0.15, 0.2) is 0 Å². The maximum atomic E-state index is 11.9. The molecule has 0 aliphatic carbocycles. The van der Waals surface area contributed by atoms with Gasteiger partial charge in [-0.2, -0.15) is 5.10 Å². The number of nitrogens with one attached hydrogen (secondary N) is 1. The Bertz CT molecular complexity index is 480. The molecule has 0 radical (unpaired) electrons. The summed E-state index contributed by atoms with van der Waals surface area (Å²) in [5.74, 6) is -0.947. The SMILES string of the molecule is Cc1nn(C)c(C)c1CC(=O)NC(C)CCC(=O)O. The van der Waals surface area contributed by atoms with Crippen LogP contribution in [0.1, 0.15) is 36.7 Å². The van der Waals surface area contributed by atoms with Crippen molar-refractivity contribution in [1.29, 1.82) is 0 Å². The molecule has 1 heterocycles. The van der Waals surface area contributed by atoms with E-state index in [-0.39, 0.29) is 24.8 Å². The summed E-state index contributed by atoms with van der Waals surface area (Å²) in [5.41, 5.74) is 2.77. The molecule has 0 saturated heterocycles. The third-order valence-corrected chi connectivity index (χ3v) is 3.19. The predicted molar refractivity (Wildman–Crippen MR) is 70.9 cm³/mol. The van der Waals surface area contributed by atoms with Crippen molar-refractivity contribution >= 4 is 11.9 Å². The molecule has 1 unspecified atom stereocenters. The molecule has 1 amide bonds. The Kier molecular flexibility index (Phi) is 5.09. The molecule has 1 aromatic heterocycles. The summed E-state index contributed by atoms with van der Waals surface area (Å²) in [6, 6.07) is -0.138. The largest absolute Gasteiger partial charge is 0.481 e. The highest BCUT2D eigenvalue weighted by Gasteiger charge is 2.15. The lowest BCUT2D eigenvalue weighted by Gasteiger charge is -2.12. The summed E-state index contributed by atoms with van der Waals surface area (Å²) in [7, 11) is 1.85. The smallest absolute Gasteiger partial charge is 0.303 e. The van der Waals surface area contributed by atoms with Gasteiger partial charge in [0.1, 0.15) is 0 Å². The van der Waals surface area contributed by atoms with Gasteiger partial charge >= 0.3 is 5.97 Å². The Balaban J connectivity index is 2.53. The first-order valence-corrected chi connectivity index (χ1v) is 6.31. The monoisotopic (exact) mass is 267 g/mol. The van der Waals surface area contributed by atoms with E-state index in [2.05, 4.69) is 10.4 Å². The molecule has 0 aliphatic heterocycles. The first kappa shape index (κ1) is 15.2. The van der Waals surface area contributed by atoms with Crippen molar-refractivity contribution in [3.05, 3.63) is 17.0 Å². The Morgan fingerprint density at radius 1 is 1.42 bits per heavy atom. The molecule has 0 bridgehead atoms. The number of carbonyl (C=O) groups is 2. The molecule has 6 heteroatoms. The Labute approximate surface area is 112 Å². The van der Waals surface area contributed by atoms with E-state index in [4.69, 9.17) is 5.11 Å². The van der Waals surface area contributed by atoms with Gasteiger partial charge in [0, 0.05) is 30.8 Å². The van der Waals surface area contributed by atoms with Crippen molar-refractivity contribution < 1.29 is 14.7 Å². The van der Waals surface area contributed by atoms with Crippen LogP contribution in [0.3, 0.4) is 0 Å². The van der Waals surface area contributed by atoms with Gasteiger partial charge in [-0.15, -0.1) is 0 Å². The second-order valence-corrected chi connectivity index (χ2v) is 4.85. The molecule has 0 aromatic carbocycles. The summed E-state index contributed by atoms with van der Waals surface area (Å²) < 4.78 is 1.76. The summed E-state index contributed by atoms with van der Waals surface area (Å²) in [6.07, 6.45) is 0.779. The maximum absolute atomic E-state index is 11.9. The number of aryl methyl sites for hydroxylation is 2. The standard InChI is InChI=1S/C13H21N3O3/c1-8(5-6-13(18)19)14-12(17)7-11-9(2)15-16(4)10(11)3/h8H,5-7H2,1-4H3,(H,14,17)(H,18,19). The number of aromatic nitrogens is 2. The predicted octanol–water partition coefficient (Wildman–Crippen LogP) is 0.949. The van der Waals surface area contributed by atoms with Gasteiger partial charge in [0.05, 0.1) is 12.1 Å². The number of aliphatic carboxylic acids is 1. The molecule has 1 aromatic rings. The number of amides is 1. The Morgan fingerprint density at radius 2 is 2.05 bits per heavy atom. The third-order valence-electron chi connectivity index (χ3n) is 3.19. The normalized spacial score (nSPS) is 12.2. The van der Waals surface area contributed by atoms with E-state index >= 15 is 0 Å². The first-order chi connectivity index (χ1) is 8.81. The van der Waals surface area contributed by atoms with E-state index in [1.165, 1.54) is 0 Å². The van der Waals surface area contributed by atoms with Gasteiger partial charge in [0.25, 0.3) is 0 Å². The molecule has 2 N–H and O–H groups in total. The topological polar surface area (TPSA) is 84.2 Å². The van der Waals surface area contributed by atoms with E-state index in [0.29, 0.717) is 6.42 Å². The molecule has 106 valence electrons. The van der Waals surface area contributed by atoms with Crippen molar-refractivity contribution in [3.63, 3.8) is 0 Å². The average molecular weight is 267 g/mol. The number of carbonyl (C=O) groups excluding carboxylic acids is 1. The maximum Gasteiger partial charge on any atom is 0.303 e. The van der Waals surface area contributed by atoms with Gasteiger partial charge in [0.15, 0.2) is 0 Å². The number of hydrogen-bond acceptors (Lipinski definition) is 3. The highest BCUT2D eigenvalue weighted by molar-refractivity contribution is 5.79. The van der Waals surface area contributed by atoms with Crippen molar-refractivity contribution in [2.45, 2.75) is 46.1 Å². The fourth-order valence-electron chi connectivity index (χ4n) is 1.97. The van der Waals surface area contributed by atoms with Crippen LogP contribution >= 0.6 is 0 Å². The van der Waals surface area contributed by atoms with E-state index in [0.717, 1.165) is 17.0 Å². The molecule has 0 spiro atoms. The molecular formula is C13H21N3O3. The number of nitrogens with zero attached hydrogens (tertiary/aromatic N) is 2. The van der Waals surface area contributed by atoms with Crippen LogP contribution in [0, 0.1) is 13.8 Å². The van der Waals surface area contributed by atoms with Crippen LogP contribution in [0.4, 0.5) is 0 Å². The zero-order valence-electron chi connectivity index (χ0n) is 11.9. The second kappa shape index (κ2) is 6.36. The van der Waals surface area contributed by atoms with Crippen molar-refractivity contribution in [2.24, 2.45) is 7.05 Å². The number of rotatable bonds is 6. The van der Waals surface area contributed by atoms with Gasteiger partial charge in [-0.1, -0.05) is 0 Å². The minimum Gasteiger partial charge on any atom is -0.481 e. The Morgan fingerprint density at radius 3 is 2.53 bits per heavy atom. The van der Waals surface area contributed by atoms with E-state index < -0.39 is 5.97 Å². The highest BCUT2D eigenvalue weighted by atomic mass is 16.4. The molecule has 19 heavy (non-hydrogen) atoms. The van der Waals surface area contributed by atoms with Crippen LogP contribution < -0.4 is 5.32 Å². The highest BCUT2D eigenvalue weighted by Crippen LogP contribution is 2.12. The van der Waals surface area contributed by atoms with Gasteiger partial charge in [-0.3, -0.25) is 14.3 Å². The minimum absolute atomic E-state index is 0.0619. The van der Waals surface area contributed by atoms with Crippen LogP contribution in [0.2, 0.25) is 0 Å². The molecule has 0 aliphatic rings. The first-order valence-electron chi connectivity index (χ1n) is 6.31. The van der Waals surface area contributed by atoms with E-state index in [1.807, 2.05) is 27.8 Å². The molecule has 1 rings (SSSR count). The van der Waals surface area contributed by atoms with Crippen LogP contribution in [-0.2, 0) is 23.1 Å². The molecular weight excluding hydrogens is 246 g/mol. The van der Waals surface area contributed by atoms with Gasteiger partial charge in [-0.05, 0) is 27.2 Å². The molecule has 1 atom stereocenters. The third kappa shape index (κ3) is 4.39. The van der Waals surface area contributed by atoms with Gasteiger partial charge < -0.3 is 10.4 Å². The average Bonchev–Trinajstić information content (AvgIpc) is 2.53. The number of carboxylic acids is 1. The lowest BCUT2D eigenvalue weighted by molar-refractivity contribution is -0.137. The zero-order valence-corrected chi connectivity index (χ0v) is 11.9. The van der Waals surface area contributed by atoms with E-state index in [1.54, 1.807) is 4.68 Å². The van der Waals surface area contributed by atoms with Crippen molar-refractivity contribution in [2.75, 3.05) is 0 Å². The Hall–Kier alpha value is -1.85. The quantitative estimate of drug-likeness (QED) is 0.803. The number of hydrogen-bond donors (Lipinski definition) is 2. The fourth-order valence-corrected chi connectivity index (χ4v) is 1.97. The van der Waals surface area contributed by atoms with Gasteiger partial charge in [0.2, 0.25) is 5.91 Å². The molecule has 6 nitrogen and oxygen atoms in total. The van der Waals surface area contributed by atoms with Crippen LogP contribution in [0.25, 0.3) is 0 Å². The number of carboxylic acid groups (broad SMARTS) is 1. The van der Waals surface area contributed by atoms with Gasteiger partial charge in [-0.25, -0.2) is 0 Å². The zero-order chi connectivity index (χ0) is 14.6. The van der Waals surface area contributed by atoms with E-state index in [9.17, 15) is 9.59 Å². The molecule has 0 saturated carbocycles. The van der Waals surface area contributed by atoms with Crippen LogP contribution in [0.5, 0.6) is 0 Å². The lowest BCUT2D eigenvalue weighted by Crippen LogP contribution is -2.34. The van der Waals surface area contributed by atoms with Crippen LogP contribution in [-0.4, -0.2) is 32.8 Å².